The van der Waals surface area contributed by atoms with Crippen molar-refractivity contribution in [1.82, 2.24) is 29.0 Å². The molecule has 1 aliphatic carbocycles. The van der Waals surface area contributed by atoms with E-state index in [1.807, 2.05) is 27.7 Å². The summed E-state index contributed by atoms with van der Waals surface area (Å²) in [5.41, 5.74) is 4.22. The summed E-state index contributed by atoms with van der Waals surface area (Å²) in [5.74, 6) is -0.0728. The number of halogens is 2. The van der Waals surface area contributed by atoms with Gasteiger partial charge in [0.05, 0.1) is 29.7 Å². The Kier molecular flexibility index (Phi) is 5.04. The topological polar surface area (TPSA) is 86.8 Å². The Morgan fingerprint density at radius 1 is 1.14 bits per heavy atom. The van der Waals surface area contributed by atoms with Crippen LogP contribution in [0.15, 0.2) is 43.0 Å². The predicted molar refractivity (Wildman–Crippen MR) is 128 cm³/mol. The number of imidazole rings is 1. The molecule has 1 saturated heterocycles. The minimum atomic E-state index is -3.00. The van der Waals surface area contributed by atoms with E-state index < -0.39 is 6.61 Å². The number of fused-ring (bicyclic) bond motifs is 9. The lowest BCUT2D eigenvalue weighted by Crippen LogP contribution is -2.30. The van der Waals surface area contributed by atoms with E-state index in [0.717, 1.165) is 48.6 Å². The number of carbonyl (C=O) groups is 1. The van der Waals surface area contributed by atoms with Crippen LogP contribution in [0.2, 0.25) is 0 Å². The number of alkyl halides is 2. The zero-order chi connectivity index (χ0) is 25.3. The molecule has 9 nitrogen and oxygen atoms in total. The van der Waals surface area contributed by atoms with Crippen LogP contribution in [0.3, 0.4) is 0 Å². The van der Waals surface area contributed by atoms with Crippen molar-refractivity contribution in [3.05, 3.63) is 65.5 Å². The molecule has 5 heterocycles. The van der Waals surface area contributed by atoms with Crippen LogP contribution >= 0.6 is 0 Å². The highest BCUT2D eigenvalue weighted by atomic mass is 19.3. The summed E-state index contributed by atoms with van der Waals surface area (Å²) in [6, 6.07) is 4.75. The van der Waals surface area contributed by atoms with Crippen molar-refractivity contribution in [2.75, 3.05) is 20.3 Å². The van der Waals surface area contributed by atoms with Gasteiger partial charge in [-0.25, -0.2) is 9.97 Å². The lowest BCUT2D eigenvalue weighted by atomic mass is 9.91. The van der Waals surface area contributed by atoms with Crippen LogP contribution in [-0.2, 0) is 4.74 Å². The van der Waals surface area contributed by atoms with E-state index in [9.17, 15) is 13.6 Å². The Morgan fingerprint density at radius 2 is 1.95 bits per heavy atom. The van der Waals surface area contributed by atoms with Crippen LogP contribution in [0.25, 0.3) is 16.9 Å². The molecular formula is C26H24F2N6O3. The standard InChI is InChI=1S/C26H24F2N6O3/c1-32-19-9-18(21-17(24(32)35)3-2-4-20(21)37-25(27)28)23-22(19)31-26-29-10-14(12-33(23)26)15-11-30-34(13-15)16-5-7-36-8-6-16/h2-4,10-13,16,18-19,25H,5-9H2,1H3. The minimum absolute atomic E-state index is 0.0181. The van der Waals surface area contributed by atoms with Gasteiger partial charge in [-0.2, -0.15) is 13.9 Å². The van der Waals surface area contributed by atoms with E-state index in [0.29, 0.717) is 29.4 Å². The van der Waals surface area contributed by atoms with Gasteiger partial charge in [-0.05, 0) is 31.4 Å². The molecule has 2 aliphatic heterocycles. The highest BCUT2D eigenvalue weighted by Crippen LogP contribution is 2.52. The van der Waals surface area contributed by atoms with Crippen molar-refractivity contribution in [3.63, 3.8) is 0 Å². The second-order valence-electron chi connectivity index (χ2n) is 9.76. The third kappa shape index (κ3) is 3.44. The quantitative estimate of drug-likeness (QED) is 0.412. The molecule has 4 aromatic rings. The van der Waals surface area contributed by atoms with Crippen molar-refractivity contribution >= 4 is 11.7 Å². The first kappa shape index (κ1) is 22.3. The van der Waals surface area contributed by atoms with Gasteiger partial charge in [0.15, 0.2) is 0 Å². The molecule has 2 atom stereocenters. The van der Waals surface area contributed by atoms with Crippen molar-refractivity contribution < 1.29 is 23.0 Å². The van der Waals surface area contributed by atoms with Gasteiger partial charge in [0.2, 0.25) is 5.78 Å². The van der Waals surface area contributed by atoms with Crippen LogP contribution in [0, 0.1) is 0 Å². The summed E-state index contributed by atoms with van der Waals surface area (Å²) in [6.45, 7) is -1.54. The molecule has 1 aromatic carbocycles. The smallest absolute Gasteiger partial charge is 0.387 e. The van der Waals surface area contributed by atoms with Crippen LogP contribution in [-0.4, -0.2) is 61.8 Å². The van der Waals surface area contributed by atoms with Crippen LogP contribution in [0.4, 0.5) is 8.78 Å². The maximum Gasteiger partial charge on any atom is 0.387 e. The minimum Gasteiger partial charge on any atom is -0.434 e. The van der Waals surface area contributed by atoms with Gasteiger partial charge in [0.25, 0.3) is 5.91 Å². The molecular weight excluding hydrogens is 482 g/mol. The number of aromatic nitrogens is 5. The van der Waals surface area contributed by atoms with E-state index in [4.69, 9.17) is 14.5 Å². The van der Waals surface area contributed by atoms with E-state index in [1.165, 1.54) is 6.07 Å². The summed E-state index contributed by atoms with van der Waals surface area (Å²) in [7, 11) is 1.72. The van der Waals surface area contributed by atoms with E-state index >= 15 is 0 Å². The molecule has 11 heteroatoms. The molecule has 3 aromatic heterocycles. The fraction of sp³-hybridized carbons (Fsp3) is 0.385. The van der Waals surface area contributed by atoms with Gasteiger partial charge < -0.3 is 14.4 Å². The predicted octanol–water partition coefficient (Wildman–Crippen LogP) is 4.21. The Balaban J connectivity index is 1.36. The molecule has 7 rings (SSSR count). The van der Waals surface area contributed by atoms with Crippen molar-refractivity contribution in [2.24, 2.45) is 0 Å². The maximum atomic E-state index is 13.3. The van der Waals surface area contributed by atoms with Gasteiger partial charge in [-0.15, -0.1) is 0 Å². The fourth-order valence-electron chi connectivity index (χ4n) is 6.01. The van der Waals surface area contributed by atoms with Gasteiger partial charge in [0.1, 0.15) is 5.75 Å². The fourth-order valence-corrected chi connectivity index (χ4v) is 6.01. The second kappa shape index (κ2) is 8.34. The molecule has 190 valence electrons. The SMILES string of the molecule is CN1C(=O)c2cccc(OC(F)F)c2C2CC1c1nc3ncc(-c4cnn(C5CCOCC5)c4)cn3c12. The van der Waals surface area contributed by atoms with Gasteiger partial charge in [-0.3, -0.25) is 13.9 Å². The van der Waals surface area contributed by atoms with Gasteiger partial charge >= 0.3 is 6.61 Å². The van der Waals surface area contributed by atoms with Crippen molar-refractivity contribution in [1.29, 1.82) is 0 Å². The summed E-state index contributed by atoms with van der Waals surface area (Å²) < 4.78 is 40.9. The first-order valence-corrected chi connectivity index (χ1v) is 12.3. The number of carbonyl (C=O) groups excluding carboxylic acids is 1. The molecule has 0 N–H and O–H groups in total. The first-order chi connectivity index (χ1) is 18.0. The summed E-state index contributed by atoms with van der Waals surface area (Å²) in [4.78, 5) is 24.3. The number of benzene rings is 1. The average Bonchev–Trinajstić information content (AvgIpc) is 3.61. The van der Waals surface area contributed by atoms with Crippen LogP contribution in [0.5, 0.6) is 5.75 Å². The molecule has 0 saturated carbocycles. The molecule has 2 bridgehead atoms. The molecule has 37 heavy (non-hydrogen) atoms. The van der Waals surface area contributed by atoms with Gasteiger partial charge in [-0.1, -0.05) is 6.07 Å². The molecule has 0 radical (unpaired) electrons. The highest BCUT2D eigenvalue weighted by Gasteiger charge is 2.46. The number of hydrogen-bond acceptors (Lipinski definition) is 6. The van der Waals surface area contributed by atoms with E-state index in [-0.39, 0.29) is 23.6 Å². The largest absolute Gasteiger partial charge is 0.434 e. The third-order valence-corrected chi connectivity index (χ3v) is 7.80. The zero-order valence-electron chi connectivity index (χ0n) is 20.1. The third-order valence-electron chi connectivity index (χ3n) is 7.80. The summed E-state index contributed by atoms with van der Waals surface area (Å²) >= 11 is 0. The Morgan fingerprint density at radius 3 is 2.76 bits per heavy atom. The summed E-state index contributed by atoms with van der Waals surface area (Å²) in [6.07, 6.45) is 9.96. The molecule has 1 amide bonds. The first-order valence-electron chi connectivity index (χ1n) is 12.3. The molecule has 1 fully saturated rings. The monoisotopic (exact) mass is 506 g/mol. The molecule has 0 spiro atoms. The number of amides is 1. The average molecular weight is 507 g/mol. The summed E-state index contributed by atoms with van der Waals surface area (Å²) in [5, 5.41) is 4.59. The van der Waals surface area contributed by atoms with Gasteiger partial charge in [0, 0.05) is 67.0 Å². The van der Waals surface area contributed by atoms with Crippen LogP contribution < -0.4 is 4.74 Å². The molecule has 3 aliphatic rings. The lowest BCUT2D eigenvalue weighted by molar-refractivity contribution is -0.0506. The Hall–Kier alpha value is -3.86. The highest BCUT2D eigenvalue weighted by molar-refractivity contribution is 5.98. The lowest BCUT2D eigenvalue weighted by Gasteiger charge is -2.23. The van der Waals surface area contributed by atoms with E-state index in [1.54, 1.807) is 30.3 Å². The van der Waals surface area contributed by atoms with Crippen molar-refractivity contribution in [3.8, 4) is 16.9 Å². The van der Waals surface area contributed by atoms with Crippen molar-refractivity contribution in [2.45, 2.75) is 43.9 Å². The molecule has 2 unspecified atom stereocenters. The van der Waals surface area contributed by atoms with E-state index in [2.05, 4.69) is 10.1 Å². The maximum absolute atomic E-state index is 13.3. The van der Waals surface area contributed by atoms with Crippen LogP contribution in [0.1, 0.15) is 64.6 Å². The Labute approximate surface area is 210 Å². The zero-order valence-corrected chi connectivity index (χ0v) is 20.1. The second-order valence-corrected chi connectivity index (χ2v) is 9.76. The number of nitrogens with zero attached hydrogens (tertiary/aromatic N) is 6. The number of hydrogen-bond donors (Lipinski definition) is 0. The Bertz CT molecular complexity index is 1530. The number of rotatable bonds is 4. The number of ether oxygens (including phenoxy) is 2. The normalized spacial score (nSPS) is 21.4.